The molecule has 1 aromatic carbocycles. The van der Waals surface area contributed by atoms with Gasteiger partial charge in [-0.05, 0) is 37.6 Å². The molecule has 2 rings (SSSR count). The first kappa shape index (κ1) is 12.8. The number of nitrogens with one attached hydrogen (secondary N) is 1. The summed E-state index contributed by atoms with van der Waals surface area (Å²) in [5.74, 6) is 0. The normalized spacial score (nSPS) is 10.8. The van der Waals surface area contributed by atoms with E-state index in [1.165, 1.54) is 22.4 Å². The highest BCUT2D eigenvalue weighted by molar-refractivity contribution is 5.64. The molecule has 0 aliphatic rings. The maximum atomic E-state index is 4.33. The number of benzene rings is 1. The van der Waals surface area contributed by atoms with E-state index in [2.05, 4.69) is 55.5 Å². The zero-order valence-electron chi connectivity index (χ0n) is 11.4. The van der Waals surface area contributed by atoms with Crippen molar-refractivity contribution in [2.24, 2.45) is 0 Å². The second kappa shape index (κ2) is 5.83. The molecule has 0 atom stereocenters. The van der Waals surface area contributed by atoms with Gasteiger partial charge in [0.1, 0.15) is 0 Å². The third kappa shape index (κ3) is 2.62. The van der Waals surface area contributed by atoms with E-state index in [4.69, 9.17) is 0 Å². The molecule has 0 bridgehead atoms. The minimum absolute atomic E-state index is 0.904. The highest BCUT2D eigenvalue weighted by atomic mass is 15.3. The van der Waals surface area contributed by atoms with Crippen LogP contribution in [-0.2, 0) is 13.1 Å². The van der Waals surface area contributed by atoms with Gasteiger partial charge >= 0.3 is 0 Å². The predicted molar refractivity (Wildman–Crippen MR) is 75.5 cm³/mol. The van der Waals surface area contributed by atoms with Crippen molar-refractivity contribution in [2.75, 3.05) is 6.54 Å². The minimum atomic E-state index is 0.904. The van der Waals surface area contributed by atoms with E-state index in [9.17, 15) is 0 Å². The van der Waals surface area contributed by atoms with Crippen LogP contribution in [-0.4, -0.2) is 16.3 Å². The fourth-order valence-electron chi connectivity index (χ4n) is 2.21. The zero-order chi connectivity index (χ0) is 13.0. The van der Waals surface area contributed by atoms with Crippen molar-refractivity contribution < 1.29 is 0 Å². The van der Waals surface area contributed by atoms with E-state index in [0.717, 1.165) is 19.6 Å². The van der Waals surface area contributed by atoms with Crippen LogP contribution in [0.15, 0.2) is 30.5 Å². The minimum Gasteiger partial charge on any atom is -0.313 e. The maximum absolute atomic E-state index is 4.33. The molecule has 96 valence electrons. The molecule has 1 N–H and O–H groups in total. The topological polar surface area (TPSA) is 29.9 Å². The number of hydrogen-bond acceptors (Lipinski definition) is 2. The van der Waals surface area contributed by atoms with Crippen molar-refractivity contribution in [1.82, 2.24) is 15.1 Å². The standard InChI is InChI=1S/C15H21N3/c1-4-16-11-13-6-7-14(12(3)10-13)15-8-9-17-18(15)5-2/h6-10,16H,4-5,11H2,1-3H3. The third-order valence-corrected chi connectivity index (χ3v) is 3.16. The Morgan fingerprint density at radius 3 is 2.72 bits per heavy atom. The van der Waals surface area contributed by atoms with Crippen LogP contribution in [0, 0.1) is 6.92 Å². The van der Waals surface area contributed by atoms with Crippen molar-refractivity contribution >= 4 is 0 Å². The lowest BCUT2D eigenvalue weighted by Crippen LogP contribution is -2.11. The third-order valence-electron chi connectivity index (χ3n) is 3.16. The molecule has 0 saturated heterocycles. The molecule has 1 aromatic heterocycles. The maximum Gasteiger partial charge on any atom is 0.0684 e. The summed E-state index contributed by atoms with van der Waals surface area (Å²) in [5, 5.41) is 7.68. The average Bonchev–Trinajstić information content (AvgIpc) is 2.84. The summed E-state index contributed by atoms with van der Waals surface area (Å²) in [7, 11) is 0. The molecule has 2 aromatic rings. The average molecular weight is 243 g/mol. The fourth-order valence-corrected chi connectivity index (χ4v) is 2.21. The van der Waals surface area contributed by atoms with Crippen LogP contribution in [0.3, 0.4) is 0 Å². The highest BCUT2D eigenvalue weighted by Gasteiger charge is 2.07. The molecule has 0 aliphatic heterocycles. The van der Waals surface area contributed by atoms with Crippen molar-refractivity contribution in [3.05, 3.63) is 41.6 Å². The van der Waals surface area contributed by atoms with Gasteiger partial charge in [0, 0.05) is 24.8 Å². The SMILES string of the molecule is CCNCc1ccc(-c2ccnn2CC)c(C)c1. The lowest BCUT2D eigenvalue weighted by molar-refractivity contribution is 0.667. The van der Waals surface area contributed by atoms with Gasteiger partial charge in [-0.2, -0.15) is 5.10 Å². The molecule has 1 heterocycles. The molecular weight excluding hydrogens is 222 g/mol. The van der Waals surface area contributed by atoms with Crippen molar-refractivity contribution in [3.63, 3.8) is 0 Å². The number of hydrogen-bond donors (Lipinski definition) is 1. The largest absolute Gasteiger partial charge is 0.313 e. The van der Waals surface area contributed by atoms with Crippen molar-refractivity contribution in [1.29, 1.82) is 0 Å². The Labute approximate surface area is 109 Å². The Balaban J connectivity index is 2.30. The van der Waals surface area contributed by atoms with Gasteiger partial charge in [0.2, 0.25) is 0 Å². The Morgan fingerprint density at radius 1 is 1.22 bits per heavy atom. The number of rotatable bonds is 5. The van der Waals surface area contributed by atoms with Crippen LogP contribution >= 0.6 is 0 Å². The summed E-state index contributed by atoms with van der Waals surface area (Å²) < 4.78 is 2.03. The fraction of sp³-hybridized carbons (Fsp3) is 0.400. The molecule has 0 aliphatic carbocycles. The monoisotopic (exact) mass is 243 g/mol. The Morgan fingerprint density at radius 2 is 2.06 bits per heavy atom. The molecule has 3 heteroatoms. The van der Waals surface area contributed by atoms with Crippen LogP contribution in [0.5, 0.6) is 0 Å². The van der Waals surface area contributed by atoms with E-state index >= 15 is 0 Å². The van der Waals surface area contributed by atoms with Crippen LogP contribution in [0.2, 0.25) is 0 Å². The quantitative estimate of drug-likeness (QED) is 0.875. The molecule has 18 heavy (non-hydrogen) atoms. The van der Waals surface area contributed by atoms with Gasteiger partial charge in [-0.25, -0.2) is 0 Å². The first-order valence-corrected chi connectivity index (χ1v) is 6.58. The highest BCUT2D eigenvalue weighted by Crippen LogP contribution is 2.24. The van der Waals surface area contributed by atoms with Crippen LogP contribution in [0.1, 0.15) is 25.0 Å². The van der Waals surface area contributed by atoms with Crippen LogP contribution < -0.4 is 5.32 Å². The smallest absolute Gasteiger partial charge is 0.0684 e. The van der Waals surface area contributed by atoms with E-state index in [0.29, 0.717) is 0 Å². The lowest BCUT2D eigenvalue weighted by Gasteiger charge is -2.10. The molecule has 3 nitrogen and oxygen atoms in total. The van der Waals surface area contributed by atoms with E-state index in [1.54, 1.807) is 0 Å². The van der Waals surface area contributed by atoms with E-state index in [-0.39, 0.29) is 0 Å². The molecule has 0 unspecified atom stereocenters. The first-order valence-electron chi connectivity index (χ1n) is 6.58. The number of aromatic nitrogens is 2. The van der Waals surface area contributed by atoms with Gasteiger partial charge in [0.15, 0.2) is 0 Å². The van der Waals surface area contributed by atoms with Crippen molar-refractivity contribution in [3.8, 4) is 11.3 Å². The van der Waals surface area contributed by atoms with Crippen LogP contribution in [0.4, 0.5) is 0 Å². The van der Waals surface area contributed by atoms with Gasteiger partial charge in [-0.3, -0.25) is 4.68 Å². The summed E-state index contributed by atoms with van der Waals surface area (Å²) in [6, 6.07) is 8.73. The lowest BCUT2D eigenvalue weighted by atomic mass is 10.0. The summed E-state index contributed by atoms with van der Waals surface area (Å²) in [6.45, 7) is 9.25. The second-order valence-corrected chi connectivity index (χ2v) is 4.46. The van der Waals surface area contributed by atoms with Gasteiger partial charge in [-0.1, -0.05) is 25.1 Å². The van der Waals surface area contributed by atoms with E-state index in [1.807, 2.05) is 10.9 Å². The van der Waals surface area contributed by atoms with Gasteiger partial charge < -0.3 is 5.32 Å². The Kier molecular flexibility index (Phi) is 4.15. The molecule has 0 radical (unpaired) electrons. The summed E-state index contributed by atoms with van der Waals surface area (Å²) in [5.41, 5.74) is 5.11. The number of nitrogens with zero attached hydrogens (tertiary/aromatic N) is 2. The van der Waals surface area contributed by atoms with Crippen molar-refractivity contribution in [2.45, 2.75) is 33.9 Å². The Bertz CT molecular complexity index is 514. The number of aryl methyl sites for hydroxylation is 2. The molecule has 0 saturated carbocycles. The molecule has 0 spiro atoms. The van der Waals surface area contributed by atoms with Gasteiger partial charge in [-0.15, -0.1) is 0 Å². The van der Waals surface area contributed by atoms with E-state index < -0.39 is 0 Å². The van der Waals surface area contributed by atoms with Gasteiger partial charge in [0.25, 0.3) is 0 Å². The first-order chi connectivity index (χ1) is 8.76. The summed E-state index contributed by atoms with van der Waals surface area (Å²) in [4.78, 5) is 0. The second-order valence-electron chi connectivity index (χ2n) is 4.46. The molecular formula is C15H21N3. The van der Waals surface area contributed by atoms with Gasteiger partial charge in [0.05, 0.1) is 5.69 Å². The molecule has 0 fully saturated rings. The van der Waals surface area contributed by atoms with Crippen LogP contribution in [0.25, 0.3) is 11.3 Å². The predicted octanol–water partition coefficient (Wildman–Crippen LogP) is 2.99. The summed E-state index contributed by atoms with van der Waals surface area (Å²) in [6.07, 6.45) is 1.87. The summed E-state index contributed by atoms with van der Waals surface area (Å²) >= 11 is 0. The Hall–Kier alpha value is -1.61. The zero-order valence-corrected chi connectivity index (χ0v) is 11.4. The molecule has 0 amide bonds.